The van der Waals surface area contributed by atoms with Crippen LogP contribution in [-0.4, -0.2) is 35.1 Å². The Labute approximate surface area is 117 Å². The van der Waals surface area contributed by atoms with E-state index >= 15 is 0 Å². The van der Waals surface area contributed by atoms with Crippen molar-refractivity contribution in [3.63, 3.8) is 0 Å². The Morgan fingerprint density at radius 1 is 1.40 bits per heavy atom. The highest BCUT2D eigenvalue weighted by Gasteiger charge is 2.21. The quantitative estimate of drug-likeness (QED) is 0.886. The molecule has 1 fully saturated rings. The lowest BCUT2D eigenvalue weighted by Gasteiger charge is -2.31. The van der Waals surface area contributed by atoms with Gasteiger partial charge in [-0.2, -0.15) is 0 Å². The Kier molecular flexibility index (Phi) is 4.65. The number of aromatic carboxylic acids is 1. The lowest BCUT2D eigenvalue weighted by Crippen LogP contribution is -2.44. The first-order valence-corrected chi connectivity index (χ1v) is 6.95. The summed E-state index contributed by atoms with van der Waals surface area (Å²) < 4.78 is 5.08. The molecule has 110 valence electrons. The minimum atomic E-state index is -1.11. The molecule has 20 heavy (non-hydrogen) atoms. The molecule has 1 aromatic heterocycles. The van der Waals surface area contributed by atoms with E-state index in [1.807, 2.05) is 0 Å². The highest BCUT2D eigenvalue weighted by Crippen LogP contribution is 2.19. The Balaban J connectivity index is 1.78. The maximum absolute atomic E-state index is 12.0. The molecule has 2 N–H and O–H groups in total. The van der Waals surface area contributed by atoms with E-state index in [1.54, 1.807) is 11.0 Å². The van der Waals surface area contributed by atoms with Crippen LogP contribution < -0.4 is 5.32 Å². The van der Waals surface area contributed by atoms with Crippen LogP contribution >= 0.6 is 0 Å². The Morgan fingerprint density at radius 2 is 2.10 bits per heavy atom. The first-order chi connectivity index (χ1) is 9.60. The van der Waals surface area contributed by atoms with E-state index in [2.05, 4.69) is 12.2 Å². The summed E-state index contributed by atoms with van der Waals surface area (Å²) in [5.41, 5.74) is 0. The monoisotopic (exact) mass is 280 g/mol. The van der Waals surface area contributed by atoms with Crippen molar-refractivity contribution >= 4 is 12.0 Å². The van der Waals surface area contributed by atoms with E-state index in [-0.39, 0.29) is 18.3 Å². The number of likely N-dealkylation sites (tertiary alicyclic amines) is 1. The van der Waals surface area contributed by atoms with Crippen LogP contribution in [0.25, 0.3) is 0 Å². The highest BCUT2D eigenvalue weighted by atomic mass is 16.4. The predicted octanol–water partition coefficient (Wildman–Crippen LogP) is 2.31. The molecule has 1 aliphatic heterocycles. The molecule has 0 unspecified atom stereocenters. The third-order valence-electron chi connectivity index (χ3n) is 3.77. The fourth-order valence-corrected chi connectivity index (χ4v) is 2.41. The van der Waals surface area contributed by atoms with E-state index in [1.165, 1.54) is 12.5 Å². The zero-order valence-electron chi connectivity index (χ0n) is 11.6. The number of nitrogens with zero attached hydrogens (tertiary/aromatic N) is 1. The molecular weight excluding hydrogens is 260 g/mol. The Morgan fingerprint density at radius 3 is 2.65 bits per heavy atom. The van der Waals surface area contributed by atoms with E-state index in [0.717, 1.165) is 31.8 Å². The molecule has 1 aliphatic rings. The molecule has 0 spiro atoms. The van der Waals surface area contributed by atoms with Crippen LogP contribution in [0, 0.1) is 5.92 Å². The van der Waals surface area contributed by atoms with Crippen molar-refractivity contribution in [1.82, 2.24) is 10.2 Å². The third kappa shape index (κ3) is 3.53. The molecule has 0 bridgehead atoms. The molecule has 1 aromatic rings. The second-order valence-corrected chi connectivity index (χ2v) is 5.07. The van der Waals surface area contributed by atoms with Crippen LogP contribution in [0.1, 0.15) is 42.5 Å². The number of urea groups is 1. The second-order valence-electron chi connectivity index (χ2n) is 5.07. The van der Waals surface area contributed by atoms with Crippen molar-refractivity contribution in [2.75, 3.05) is 13.1 Å². The molecule has 0 aliphatic carbocycles. The fourth-order valence-electron chi connectivity index (χ4n) is 2.41. The van der Waals surface area contributed by atoms with E-state index in [4.69, 9.17) is 9.52 Å². The van der Waals surface area contributed by atoms with E-state index < -0.39 is 5.97 Å². The Hall–Kier alpha value is -1.98. The standard InChI is InChI=1S/C14H20N2O4/c1-2-10-5-7-16(8-6-10)14(19)15-9-11-3-4-12(20-11)13(17)18/h3-4,10H,2,5-9H2,1H3,(H,15,19)(H,17,18). The van der Waals surface area contributed by atoms with Gasteiger partial charge in [0.1, 0.15) is 5.76 Å². The smallest absolute Gasteiger partial charge is 0.371 e. The van der Waals surface area contributed by atoms with Crippen molar-refractivity contribution < 1.29 is 19.1 Å². The minimum absolute atomic E-state index is 0.113. The van der Waals surface area contributed by atoms with Gasteiger partial charge in [-0.05, 0) is 30.9 Å². The number of rotatable bonds is 4. The van der Waals surface area contributed by atoms with Gasteiger partial charge in [0.15, 0.2) is 0 Å². The van der Waals surface area contributed by atoms with Gasteiger partial charge in [-0.15, -0.1) is 0 Å². The lowest BCUT2D eigenvalue weighted by molar-refractivity contribution is 0.0660. The van der Waals surface area contributed by atoms with Gasteiger partial charge in [0, 0.05) is 13.1 Å². The number of furan rings is 1. The number of carboxylic acid groups (broad SMARTS) is 1. The van der Waals surface area contributed by atoms with Gasteiger partial charge in [0.05, 0.1) is 6.54 Å². The molecule has 0 radical (unpaired) electrons. The summed E-state index contributed by atoms with van der Waals surface area (Å²) in [7, 11) is 0. The predicted molar refractivity (Wildman–Crippen MR) is 72.5 cm³/mol. The number of carboxylic acids is 1. The molecule has 0 saturated carbocycles. The number of hydrogen-bond donors (Lipinski definition) is 2. The summed E-state index contributed by atoms with van der Waals surface area (Å²) >= 11 is 0. The van der Waals surface area contributed by atoms with Crippen LogP contribution in [0.15, 0.2) is 16.5 Å². The first-order valence-electron chi connectivity index (χ1n) is 6.95. The van der Waals surface area contributed by atoms with Gasteiger partial charge < -0.3 is 19.7 Å². The van der Waals surface area contributed by atoms with Crippen molar-refractivity contribution in [3.8, 4) is 0 Å². The van der Waals surface area contributed by atoms with Gasteiger partial charge in [0.2, 0.25) is 5.76 Å². The normalized spacial score (nSPS) is 16.1. The third-order valence-corrected chi connectivity index (χ3v) is 3.77. The molecule has 2 rings (SSSR count). The zero-order chi connectivity index (χ0) is 14.5. The Bertz CT molecular complexity index is 475. The number of amides is 2. The maximum atomic E-state index is 12.0. The topological polar surface area (TPSA) is 82.8 Å². The van der Waals surface area contributed by atoms with E-state index in [0.29, 0.717) is 5.76 Å². The van der Waals surface area contributed by atoms with Gasteiger partial charge in [-0.3, -0.25) is 0 Å². The van der Waals surface area contributed by atoms with Crippen LogP contribution in [0.5, 0.6) is 0 Å². The summed E-state index contributed by atoms with van der Waals surface area (Å²) in [5, 5.41) is 11.5. The van der Waals surface area contributed by atoms with Crippen LogP contribution in [-0.2, 0) is 6.54 Å². The summed E-state index contributed by atoms with van der Waals surface area (Å²) in [6.07, 6.45) is 3.27. The molecule has 6 heteroatoms. The van der Waals surface area contributed by atoms with Gasteiger partial charge >= 0.3 is 12.0 Å². The zero-order valence-corrected chi connectivity index (χ0v) is 11.6. The van der Waals surface area contributed by atoms with Gasteiger partial charge in [-0.25, -0.2) is 9.59 Å². The fraction of sp³-hybridized carbons (Fsp3) is 0.571. The number of hydrogen-bond acceptors (Lipinski definition) is 3. The maximum Gasteiger partial charge on any atom is 0.371 e. The van der Waals surface area contributed by atoms with Gasteiger partial charge in [-0.1, -0.05) is 13.3 Å². The van der Waals surface area contributed by atoms with Crippen molar-refractivity contribution in [3.05, 3.63) is 23.7 Å². The SMILES string of the molecule is CCC1CCN(C(=O)NCc2ccc(C(=O)O)o2)CC1. The average Bonchev–Trinajstić information content (AvgIpc) is 2.94. The first kappa shape index (κ1) is 14.4. The largest absolute Gasteiger partial charge is 0.475 e. The van der Waals surface area contributed by atoms with Gasteiger partial charge in [0.25, 0.3) is 0 Å². The second kappa shape index (κ2) is 6.45. The molecule has 0 aromatic carbocycles. The van der Waals surface area contributed by atoms with Crippen LogP contribution in [0.3, 0.4) is 0 Å². The molecule has 1 saturated heterocycles. The van der Waals surface area contributed by atoms with E-state index in [9.17, 15) is 9.59 Å². The van der Waals surface area contributed by atoms with Crippen LogP contribution in [0.4, 0.5) is 4.79 Å². The molecular formula is C14H20N2O4. The summed E-state index contributed by atoms with van der Waals surface area (Å²) in [4.78, 5) is 24.4. The number of carbonyl (C=O) groups is 2. The summed E-state index contributed by atoms with van der Waals surface area (Å²) in [5.74, 6) is -0.0522. The van der Waals surface area contributed by atoms with Crippen molar-refractivity contribution in [2.24, 2.45) is 5.92 Å². The minimum Gasteiger partial charge on any atom is -0.475 e. The summed E-state index contributed by atoms with van der Waals surface area (Å²) in [6.45, 7) is 3.95. The number of nitrogens with one attached hydrogen (secondary N) is 1. The summed E-state index contributed by atoms with van der Waals surface area (Å²) in [6, 6.07) is 2.83. The molecule has 2 amide bonds. The molecule has 6 nitrogen and oxygen atoms in total. The van der Waals surface area contributed by atoms with Crippen molar-refractivity contribution in [2.45, 2.75) is 32.7 Å². The average molecular weight is 280 g/mol. The highest BCUT2D eigenvalue weighted by molar-refractivity contribution is 5.84. The lowest BCUT2D eigenvalue weighted by atomic mass is 9.95. The molecule has 2 heterocycles. The number of carbonyl (C=O) groups excluding carboxylic acids is 1. The molecule has 0 atom stereocenters. The number of piperidine rings is 1. The van der Waals surface area contributed by atoms with Crippen LogP contribution in [0.2, 0.25) is 0 Å². The van der Waals surface area contributed by atoms with Crippen molar-refractivity contribution in [1.29, 1.82) is 0 Å².